The van der Waals surface area contributed by atoms with Gasteiger partial charge in [0.2, 0.25) is 21.3 Å². The number of nitrogens with zero attached hydrogens (tertiary/aromatic N) is 1. The molecule has 2 aromatic carbocycles. The third-order valence-corrected chi connectivity index (χ3v) is 7.07. The number of benzene rings is 2. The maximum Gasteiger partial charge on any atom is 0.420 e. The summed E-state index contributed by atoms with van der Waals surface area (Å²) in [6.45, 7) is 0.00274. The summed E-state index contributed by atoms with van der Waals surface area (Å²) < 4.78 is 121. The lowest BCUT2D eigenvalue weighted by atomic mass is 10.00. The van der Waals surface area contributed by atoms with Crippen LogP contribution in [0.25, 0.3) is 0 Å². The third-order valence-electron chi connectivity index (χ3n) is 5.16. The van der Waals surface area contributed by atoms with Crippen LogP contribution in [0.15, 0.2) is 41.3 Å². The summed E-state index contributed by atoms with van der Waals surface area (Å²) in [4.78, 5) is 0.0737. The lowest BCUT2D eigenvalue weighted by molar-refractivity contribution is -0.138. The fraction of sp³-hybridized carbons (Fsp3) is 0.400. The average molecular weight is 485 g/mol. The number of fused-ring (bicyclic) bond motifs is 1. The maximum atomic E-state index is 15.1. The van der Waals surface area contributed by atoms with Gasteiger partial charge in [-0.2, -0.15) is 13.2 Å². The van der Waals surface area contributed by atoms with Gasteiger partial charge in [0.15, 0.2) is 0 Å². The van der Waals surface area contributed by atoms with Gasteiger partial charge in [0.1, 0.15) is 11.6 Å². The largest absolute Gasteiger partial charge is 0.507 e. The Morgan fingerprint density at radius 3 is 2.22 bits per heavy atom. The molecule has 0 saturated heterocycles. The molecule has 0 amide bonds. The number of sulfone groups is 1. The molecule has 0 fully saturated rings. The number of hydrogen-bond acceptors (Lipinski definition) is 4. The Hall–Kier alpha value is -2.50. The predicted molar refractivity (Wildman–Crippen MR) is 102 cm³/mol. The molecule has 32 heavy (non-hydrogen) atoms. The summed E-state index contributed by atoms with van der Waals surface area (Å²) in [7, 11) is -4.96. The minimum atomic E-state index is -5.07. The average Bonchev–Trinajstić information content (AvgIpc) is 2.74. The van der Waals surface area contributed by atoms with Gasteiger partial charge in [0.05, 0.1) is 16.1 Å². The van der Waals surface area contributed by atoms with Crippen LogP contribution in [0.1, 0.15) is 25.3 Å². The summed E-state index contributed by atoms with van der Waals surface area (Å²) in [5.74, 6) is -6.89. The minimum absolute atomic E-state index is 0.0176. The van der Waals surface area contributed by atoms with Gasteiger partial charge in [-0.1, -0.05) is 0 Å². The van der Waals surface area contributed by atoms with E-state index in [-0.39, 0.29) is 5.69 Å². The summed E-state index contributed by atoms with van der Waals surface area (Å²) in [5.41, 5.74) is -4.86. The van der Waals surface area contributed by atoms with Crippen LogP contribution in [0, 0.1) is 11.7 Å². The van der Waals surface area contributed by atoms with Crippen LogP contribution >= 0.6 is 0 Å². The van der Waals surface area contributed by atoms with Crippen molar-refractivity contribution in [1.82, 2.24) is 0 Å². The molecule has 0 saturated carbocycles. The number of phenolic OH excluding ortho intramolecular Hbond substituents is 1. The van der Waals surface area contributed by atoms with E-state index in [1.807, 2.05) is 0 Å². The van der Waals surface area contributed by atoms with Crippen LogP contribution in [0.3, 0.4) is 0 Å². The highest BCUT2D eigenvalue weighted by molar-refractivity contribution is 7.92. The van der Waals surface area contributed by atoms with Gasteiger partial charge in [-0.05, 0) is 43.7 Å². The molecule has 3 rings (SSSR count). The minimum Gasteiger partial charge on any atom is -0.507 e. The van der Waals surface area contributed by atoms with Crippen molar-refractivity contribution in [3.8, 4) is 5.75 Å². The maximum absolute atomic E-state index is 15.1. The smallest absolute Gasteiger partial charge is 0.420 e. The lowest BCUT2D eigenvalue weighted by Crippen LogP contribution is -2.32. The van der Waals surface area contributed by atoms with Gasteiger partial charge in [0, 0.05) is 30.6 Å². The van der Waals surface area contributed by atoms with Gasteiger partial charge < -0.3 is 10.0 Å². The molecule has 1 aliphatic heterocycles. The van der Waals surface area contributed by atoms with Crippen LogP contribution in [-0.4, -0.2) is 31.5 Å². The van der Waals surface area contributed by atoms with Gasteiger partial charge in [-0.3, -0.25) is 0 Å². The number of halogens is 7. The Kier molecular flexibility index (Phi) is 6.13. The van der Waals surface area contributed by atoms with Crippen molar-refractivity contribution < 1.29 is 44.3 Å². The highest BCUT2D eigenvalue weighted by Gasteiger charge is 2.45. The molecule has 0 radical (unpaired) electrons. The Morgan fingerprint density at radius 2 is 1.69 bits per heavy atom. The molecule has 0 aliphatic carbocycles. The van der Waals surface area contributed by atoms with Gasteiger partial charge in [-0.15, -0.1) is 0 Å². The highest BCUT2D eigenvalue weighted by Crippen LogP contribution is 2.47. The zero-order valence-corrected chi connectivity index (χ0v) is 17.3. The van der Waals surface area contributed by atoms with Crippen molar-refractivity contribution >= 4 is 21.2 Å². The molecule has 176 valence electrons. The highest BCUT2D eigenvalue weighted by atomic mass is 32.2. The number of phenols is 1. The molecule has 1 heterocycles. The quantitative estimate of drug-likeness (QED) is 0.555. The molecule has 4 nitrogen and oxygen atoms in total. The molecule has 0 spiro atoms. The van der Waals surface area contributed by atoms with E-state index < -0.39 is 80.5 Å². The first-order valence-corrected chi connectivity index (χ1v) is 10.9. The second-order valence-electron chi connectivity index (χ2n) is 7.69. The molecule has 2 aromatic rings. The van der Waals surface area contributed by atoms with E-state index in [0.717, 1.165) is 29.2 Å². The van der Waals surface area contributed by atoms with Crippen LogP contribution in [0.4, 0.5) is 42.1 Å². The first kappa shape index (κ1) is 24.1. The zero-order valence-electron chi connectivity index (χ0n) is 16.5. The molecular weight excluding hydrogens is 467 g/mol. The van der Waals surface area contributed by atoms with Crippen LogP contribution in [0.2, 0.25) is 0 Å². The molecule has 1 aliphatic rings. The lowest BCUT2D eigenvalue weighted by Gasteiger charge is -2.28. The Labute approximate surface area is 179 Å². The first-order chi connectivity index (χ1) is 14.6. The number of alkyl halides is 6. The van der Waals surface area contributed by atoms with Crippen molar-refractivity contribution in [3.05, 3.63) is 47.8 Å². The van der Waals surface area contributed by atoms with Gasteiger partial charge in [-0.25, -0.2) is 26.0 Å². The third kappa shape index (κ3) is 4.79. The standard InChI is InChI=1S/C20H18F7NO3S/c1-19(23,24)7-6-11-10-28(13-4-2-12(21)3-5-13)15-8-14(20(25,26)27)16(29)9-17(15)32(30,31)18(11)22/h2-5,8-9,11,18,29H,6-7,10H2,1H3/t11-,18+/m1/s1. The topological polar surface area (TPSA) is 57.6 Å². The second-order valence-corrected chi connectivity index (χ2v) is 9.67. The van der Waals surface area contributed by atoms with Crippen LogP contribution in [0.5, 0.6) is 5.75 Å². The van der Waals surface area contributed by atoms with E-state index in [0.29, 0.717) is 19.1 Å². The SMILES string of the molecule is CC(F)(F)CC[C@@H]1CN(c2ccc(F)cc2)c2cc(C(F)(F)F)c(O)cc2S(=O)(=O)[C@@H]1F. The number of rotatable bonds is 4. The molecule has 12 heteroatoms. The monoisotopic (exact) mass is 485 g/mol. The van der Waals surface area contributed by atoms with Crippen molar-refractivity contribution in [3.63, 3.8) is 0 Å². The number of anilines is 2. The van der Waals surface area contributed by atoms with Gasteiger partial charge >= 0.3 is 6.18 Å². The Balaban J connectivity index is 2.24. The van der Waals surface area contributed by atoms with Crippen molar-refractivity contribution in [2.45, 2.75) is 42.3 Å². The predicted octanol–water partition coefficient (Wildman–Crippen LogP) is 5.82. The Morgan fingerprint density at radius 1 is 1.09 bits per heavy atom. The van der Waals surface area contributed by atoms with E-state index in [9.17, 15) is 39.9 Å². The van der Waals surface area contributed by atoms with E-state index in [4.69, 9.17) is 0 Å². The normalized spacial score (nSPS) is 21.2. The van der Waals surface area contributed by atoms with Crippen LogP contribution < -0.4 is 4.90 Å². The summed E-state index contributed by atoms with van der Waals surface area (Å²) in [6.07, 6.45) is -6.52. The summed E-state index contributed by atoms with van der Waals surface area (Å²) >= 11 is 0. The van der Waals surface area contributed by atoms with E-state index in [1.165, 1.54) is 0 Å². The van der Waals surface area contributed by atoms with Gasteiger partial charge in [0.25, 0.3) is 0 Å². The first-order valence-electron chi connectivity index (χ1n) is 9.34. The van der Waals surface area contributed by atoms with Crippen molar-refractivity contribution in [1.29, 1.82) is 0 Å². The fourth-order valence-electron chi connectivity index (χ4n) is 3.54. The molecule has 0 bridgehead atoms. The molecule has 1 N–H and O–H groups in total. The van der Waals surface area contributed by atoms with Crippen molar-refractivity contribution in [2.24, 2.45) is 5.92 Å². The summed E-state index contributed by atoms with van der Waals surface area (Å²) in [5, 5.41) is 9.81. The number of aromatic hydroxyl groups is 1. The van der Waals surface area contributed by atoms with E-state index >= 15 is 4.39 Å². The summed E-state index contributed by atoms with van der Waals surface area (Å²) in [6, 6.07) is 4.84. The van der Waals surface area contributed by atoms with E-state index in [1.54, 1.807) is 0 Å². The molecule has 0 unspecified atom stereocenters. The van der Waals surface area contributed by atoms with E-state index in [2.05, 4.69) is 0 Å². The molecule has 2 atom stereocenters. The van der Waals surface area contributed by atoms with Crippen LogP contribution in [-0.2, 0) is 16.0 Å². The fourth-order valence-corrected chi connectivity index (χ4v) is 5.25. The zero-order chi connectivity index (χ0) is 24.1. The molecule has 0 aromatic heterocycles. The molecular formula is C20H18F7NO3S. The van der Waals surface area contributed by atoms with Crippen molar-refractivity contribution in [2.75, 3.05) is 11.4 Å². The second kappa shape index (κ2) is 8.13. The number of hydrogen-bond donors (Lipinski definition) is 1. The Bertz CT molecular complexity index is 1100.